The summed E-state index contributed by atoms with van der Waals surface area (Å²) < 4.78 is 3.65. The molecule has 3 heterocycles. The molecule has 0 saturated carbocycles. The molecule has 0 aliphatic rings. The van der Waals surface area contributed by atoms with E-state index in [0.717, 1.165) is 35.0 Å². The van der Waals surface area contributed by atoms with Gasteiger partial charge < -0.3 is 9.88 Å². The number of carbonyl (C=O) groups is 1. The van der Waals surface area contributed by atoms with Crippen molar-refractivity contribution < 1.29 is 4.79 Å². The topological polar surface area (TPSA) is 106 Å². The second-order valence-corrected chi connectivity index (χ2v) is 7.51. The first-order valence-corrected chi connectivity index (χ1v) is 10.4. The fraction of sp³-hybridized carbons (Fsp3) is 0.174. The van der Waals surface area contributed by atoms with Crippen molar-refractivity contribution in [2.24, 2.45) is 0 Å². The van der Waals surface area contributed by atoms with E-state index in [1.807, 2.05) is 59.3 Å². The van der Waals surface area contributed by atoms with E-state index in [1.165, 1.54) is 0 Å². The Labute approximate surface area is 184 Å². The van der Waals surface area contributed by atoms with E-state index < -0.39 is 0 Å². The lowest BCUT2D eigenvalue weighted by Crippen LogP contribution is -2.28. The predicted octanol–water partition coefficient (Wildman–Crippen LogP) is 2.89. The largest absolute Gasteiger partial charge is 0.351 e. The Balaban J connectivity index is 1.41. The zero-order valence-electron chi connectivity index (χ0n) is 17.3. The number of hydrogen-bond acceptors (Lipinski definition) is 5. The number of hydrogen-bond donors (Lipinski definition) is 2. The van der Waals surface area contributed by atoms with Crippen molar-refractivity contribution in [2.45, 2.75) is 19.5 Å². The minimum Gasteiger partial charge on any atom is -0.351 e. The molecule has 9 heteroatoms. The fourth-order valence-electron chi connectivity index (χ4n) is 3.66. The number of imidazole rings is 1. The number of nitrogens with zero attached hydrogens (tertiary/aromatic N) is 6. The Morgan fingerprint density at radius 1 is 1.12 bits per heavy atom. The first-order valence-electron chi connectivity index (χ1n) is 10.4. The van der Waals surface area contributed by atoms with Gasteiger partial charge in [-0.05, 0) is 24.1 Å². The monoisotopic (exact) mass is 426 g/mol. The molecular weight excluding hydrogens is 404 g/mol. The molecule has 9 nitrogen and oxygen atoms in total. The van der Waals surface area contributed by atoms with Gasteiger partial charge in [0.25, 0.3) is 5.91 Å². The van der Waals surface area contributed by atoms with Gasteiger partial charge >= 0.3 is 0 Å². The van der Waals surface area contributed by atoms with Gasteiger partial charge in [-0.2, -0.15) is 5.10 Å². The minimum atomic E-state index is -0.196. The van der Waals surface area contributed by atoms with Gasteiger partial charge in [-0.3, -0.25) is 9.89 Å². The normalized spacial score (nSPS) is 11.1. The highest BCUT2D eigenvalue weighted by Gasteiger charge is 2.22. The lowest BCUT2D eigenvalue weighted by atomic mass is 10.1. The van der Waals surface area contributed by atoms with E-state index in [0.29, 0.717) is 24.5 Å². The maximum Gasteiger partial charge on any atom is 0.271 e. The van der Waals surface area contributed by atoms with Crippen LogP contribution in [0.3, 0.4) is 0 Å². The van der Waals surface area contributed by atoms with Crippen molar-refractivity contribution in [3.05, 3.63) is 84.7 Å². The van der Waals surface area contributed by atoms with E-state index in [4.69, 9.17) is 0 Å². The fourth-order valence-corrected chi connectivity index (χ4v) is 3.66. The third-order valence-corrected chi connectivity index (χ3v) is 5.28. The molecule has 0 aliphatic heterocycles. The Kier molecular flexibility index (Phi) is 5.44. The van der Waals surface area contributed by atoms with Crippen LogP contribution < -0.4 is 5.32 Å². The number of carbonyl (C=O) groups excluding carboxylic acids is 1. The molecule has 5 rings (SSSR count). The molecule has 5 aromatic rings. The van der Waals surface area contributed by atoms with Crippen molar-refractivity contribution in [1.82, 2.24) is 40.1 Å². The third-order valence-electron chi connectivity index (χ3n) is 5.28. The first kappa shape index (κ1) is 19.7. The van der Waals surface area contributed by atoms with Gasteiger partial charge in [-0.25, -0.2) is 9.67 Å². The van der Waals surface area contributed by atoms with Crippen molar-refractivity contribution in [3.63, 3.8) is 0 Å². The molecule has 0 aliphatic carbocycles. The van der Waals surface area contributed by atoms with E-state index >= 15 is 0 Å². The van der Waals surface area contributed by atoms with Crippen LogP contribution in [0, 0.1) is 0 Å². The average molecular weight is 426 g/mol. The molecule has 0 fully saturated rings. The molecule has 0 spiro atoms. The van der Waals surface area contributed by atoms with Gasteiger partial charge in [0.2, 0.25) is 0 Å². The first-order chi connectivity index (χ1) is 15.8. The summed E-state index contributed by atoms with van der Waals surface area (Å²) in [6.45, 7) is 1.78. The summed E-state index contributed by atoms with van der Waals surface area (Å²) in [5.74, 6) is -0.196. The van der Waals surface area contributed by atoms with Gasteiger partial charge in [0.1, 0.15) is 5.69 Å². The van der Waals surface area contributed by atoms with Crippen LogP contribution in [0.25, 0.3) is 22.2 Å². The summed E-state index contributed by atoms with van der Waals surface area (Å²) >= 11 is 0. The van der Waals surface area contributed by atoms with Crippen LogP contribution in [0.5, 0.6) is 0 Å². The lowest BCUT2D eigenvalue weighted by Gasteiger charge is -2.10. The number of aryl methyl sites for hydroxylation is 1. The van der Waals surface area contributed by atoms with E-state index in [-0.39, 0.29) is 5.91 Å². The predicted molar refractivity (Wildman–Crippen MR) is 120 cm³/mol. The van der Waals surface area contributed by atoms with Crippen molar-refractivity contribution in [2.75, 3.05) is 6.54 Å². The number of H-pyrrole nitrogens is 1. The molecule has 3 aromatic heterocycles. The lowest BCUT2D eigenvalue weighted by molar-refractivity contribution is 0.0943. The third kappa shape index (κ3) is 4.13. The molecule has 0 atom stereocenters. The Bertz CT molecular complexity index is 1320. The zero-order chi connectivity index (χ0) is 21.8. The average Bonchev–Trinajstić information content (AvgIpc) is 3.57. The van der Waals surface area contributed by atoms with Gasteiger partial charge in [-0.15, -0.1) is 5.10 Å². The maximum atomic E-state index is 13.2. The SMILES string of the molecule is O=C(NCCCn1ccnc1)c1c(-c2ccc3[nH]ncc3c2)nnn1Cc1ccccc1. The van der Waals surface area contributed by atoms with Gasteiger partial charge in [-0.1, -0.05) is 41.6 Å². The summed E-state index contributed by atoms with van der Waals surface area (Å²) in [4.78, 5) is 17.3. The van der Waals surface area contributed by atoms with E-state index in [1.54, 1.807) is 23.4 Å². The number of amides is 1. The summed E-state index contributed by atoms with van der Waals surface area (Å²) in [7, 11) is 0. The molecule has 32 heavy (non-hydrogen) atoms. The number of aromatic nitrogens is 7. The molecular formula is C23H22N8O. The van der Waals surface area contributed by atoms with E-state index in [2.05, 4.69) is 30.8 Å². The van der Waals surface area contributed by atoms with Gasteiger partial charge in [0.05, 0.1) is 24.6 Å². The quantitative estimate of drug-likeness (QED) is 0.371. The van der Waals surface area contributed by atoms with Crippen molar-refractivity contribution >= 4 is 16.8 Å². The minimum absolute atomic E-state index is 0.196. The summed E-state index contributed by atoms with van der Waals surface area (Å²) in [6.07, 6.45) is 7.97. The Morgan fingerprint density at radius 2 is 2.03 bits per heavy atom. The number of aromatic amines is 1. The smallest absolute Gasteiger partial charge is 0.271 e. The second-order valence-electron chi connectivity index (χ2n) is 7.51. The number of rotatable bonds is 8. The molecule has 2 aromatic carbocycles. The summed E-state index contributed by atoms with van der Waals surface area (Å²) in [6, 6.07) is 15.7. The Morgan fingerprint density at radius 3 is 2.88 bits per heavy atom. The van der Waals surface area contributed by atoms with Crippen LogP contribution in [-0.2, 0) is 13.1 Å². The molecule has 0 bridgehead atoms. The zero-order valence-corrected chi connectivity index (χ0v) is 17.3. The molecule has 0 unspecified atom stereocenters. The summed E-state index contributed by atoms with van der Waals surface area (Å²) in [5, 5.41) is 19.7. The molecule has 0 radical (unpaired) electrons. The summed E-state index contributed by atoms with van der Waals surface area (Å²) in [5.41, 5.74) is 3.79. The van der Waals surface area contributed by atoms with Crippen LogP contribution in [0.1, 0.15) is 22.5 Å². The number of benzene rings is 2. The van der Waals surface area contributed by atoms with Crippen LogP contribution >= 0.6 is 0 Å². The van der Waals surface area contributed by atoms with Gasteiger partial charge in [0.15, 0.2) is 5.69 Å². The number of nitrogens with one attached hydrogen (secondary N) is 2. The molecule has 160 valence electrons. The second kappa shape index (κ2) is 8.84. The highest BCUT2D eigenvalue weighted by atomic mass is 16.2. The molecule has 0 saturated heterocycles. The van der Waals surface area contributed by atoms with Crippen LogP contribution in [0.4, 0.5) is 0 Å². The number of fused-ring (bicyclic) bond motifs is 1. The van der Waals surface area contributed by atoms with Gasteiger partial charge in [0, 0.05) is 36.4 Å². The van der Waals surface area contributed by atoms with Crippen molar-refractivity contribution in [3.8, 4) is 11.3 Å². The van der Waals surface area contributed by atoms with Crippen LogP contribution in [-0.4, -0.2) is 47.2 Å². The molecule has 1 amide bonds. The molecule has 2 N–H and O–H groups in total. The maximum absolute atomic E-state index is 13.2. The van der Waals surface area contributed by atoms with E-state index in [9.17, 15) is 4.79 Å². The highest BCUT2D eigenvalue weighted by Crippen LogP contribution is 2.25. The standard InChI is InChI=1S/C23H22N8O/c32-23(25-9-4-11-30-12-10-24-16-30)22-21(18-7-8-20-19(13-18)14-26-27-20)28-29-31(22)15-17-5-2-1-3-6-17/h1-3,5-8,10,12-14,16H,4,9,11,15H2,(H,25,32)(H,26,27). The highest BCUT2D eigenvalue weighted by molar-refractivity contribution is 5.99. The Hall–Kier alpha value is -4.27. The van der Waals surface area contributed by atoms with Crippen LogP contribution in [0.15, 0.2) is 73.4 Å². The van der Waals surface area contributed by atoms with Crippen molar-refractivity contribution in [1.29, 1.82) is 0 Å². The van der Waals surface area contributed by atoms with Crippen LogP contribution in [0.2, 0.25) is 0 Å².